The number of rotatable bonds is 12. The van der Waals surface area contributed by atoms with Crippen molar-refractivity contribution in [2.45, 2.75) is 78.7 Å². The van der Waals surface area contributed by atoms with E-state index in [1.165, 1.54) is 0 Å². The lowest BCUT2D eigenvalue weighted by molar-refractivity contribution is -0.137. The molecule has 10 nitrogen and oxygen atoms in total. The van der Waals surface area contributed by atoms with Crippen LogP contribution in [0.5, 0.6) is 0 Å². The first-order valence-corrected chi connectivity index (χ1v) is 16.7. The normalized spacial score (nSPS) is 17.2. The molecule has 2 saturated carbocycles. The van der Waals surface area contributed by atoms with Crippen LogP contribution in [0.2, 0.25) is 0 Å². The van der Waals surface area contributed by atoms with Gasteiger partial charge >= 0.3 is 0 Å². The van der Waals surface area contributed by atoms with Gasteiger partial charge in [-0.25, -0.2) is 0 Å². The van der Waals surface area contributed by atoms with Gasteiger partial charge in [-0.3, -0.25) is 24.3 Å². The second-order valence-corrected chi connectivity index (χ2v) is 13.9. The van der Waals surface area contributed by atoms with Crippen LogP contribution in [0.25, 0.3) is 11.0 Å². The summed E-state index contributed by atoms with van der Waals surface area (Å²) in [4.78, 5) is 51.9. The Morgan fingerprint density at radius 2 is 1.76 bits per heavy atom. The summed E-state index contributed by atoms with van der Waals surface area (Å²) in [5.74, 6) is 0.948. The van der Waals surface area contributed by atoms with E-state index in [2.05, 4.69) is 28.1 Å². The highest BCUT2D eigenvalue weighted by molar-refractivity contribution is 6.20. The summed E-state index contributed by atoms with van der Waals surface area (Å²) in [5, 5.41) is 0.579. The molecule has 3 aliphatic rings. The Labute approximate surface area is 299 Å². The number of carbonyl (C=O) groups excluding carboxylic acids is 2. The smallest absolute Gasteiger partial charge is 0.261 e. The van der Waals surface area contributed by atoms with Crippen molar-refractivity contribution in [1.82, 2.24) is 14.5 Å². The number of anilines is 2. The van der Waals surface area contributed by atoms with Crippen molar-refractivity contribution in [3.05, 3.63) is 87.8 Å². The number of pyridine rings is 2. The molecule has 2 aliphatic carbocycles. The third-order valence-corrected chi connectivity index (χ3v) is 9.68. The van der Waals surface area contributed by atoms with E-state index in [-0.39, 0.29) is 48.2 Å². The number of hydrogen-bond donors (Lipinski definition) is 0. The highest BCUT2D eigenvalue weighted by atomic mass is 35.5. The summed E-state index contributed by atoms with van der Waals surface area (Å²) in [6.07, 6.45) is 7.67. The Morgan fingerprint density at radius 3 is 2.47 bits per heavy atom. The minimum atomic E-state index is -1.14. The lowest BCUT2D eigenvalue weighted by atomic mass is 9.90. The molecule has 0 N–H and O–H groups in total. The number of hydrogen-bond acceptors (Lipinski definition) is 7. The average Bonchev–Trinajstić information content (AvgIpc) is 3.99. The molecular weight excluding hydrogens is 665 g/mol. The molecule has 0 radical (unpaired) electrons. The minimum Gasteiger partial charge on any atom is -0.461 e. The Hall–Kier alpha value is -3.70. The first-order chi connectivity index (χ1) is 22.6. The lowest BCUT2D eigenvalue weighted by Gasteiger charge is -2.29. The predicted molar refractivity (Wildman–Crippen MR) is 195 cm³/mol. The highest BCUT2D eigenvalue weighted by Gasteiger charge is 2.50. The van der Waals surface area contributed by atoms with Crippen molar-refractivity contribution in [2.24, 2.45) is 11.3 Å². The average molecular weight is 711 g/mol. The zero-order valence-electron chi connectivity index (χ0n) is 28.5. The van der Waals surface area contributed by atoms with Crippen LogP contribution in [-0.4, -0.2) is 52.5 Å². The first-order valence-electron chi connectivity index (χ1n) is 16.7. The maximum atomic E-state index is 14.0. The van der Waals surface area contributed by atoms with Crippen LogP contribution in [0.15, 0.2) is 64.1 Å². The van der Waals surface area contributed by atoms with Gasteiger partial charge in [0.2, 0.25) is 11.8 Å². The fourth-order valence-electron chi connectivity index (χ4n) is 6.70. The zero-order valence-corrected chi connectivity index (χ0v) is 30.1. The summed E-state index contributed by atoms with van der Waals surface area (Å²) >= 11 is 0. The van der Waals surface area contributed by atoms with Gasteiger partial charge in [0.1, 0.15) is 16.8 Å². The Morgan fingerprint density at radius 1 is 0.980 bits per heavy atom. The molecular formula is C37H45Cl2N5O5. The van der Waals surface area contributed by atoms with Crippen LogP contribution in [0.4, 0.5) is 11.4 Å². The molecule has 0 atom stereocenters. The number of benzene rings is 1. The van der Waals surface area contributed by atoms with Crippen LogP contribution >= 0.6 is 24.8 Å². The highest BCUT2D eigenvalue weighted by Crippen LogP contribution is 2.46. The molecule has 2 amide bonds. The first kappa shape index (κ1) is 36.6. The fourth-order valence-corrected chi connectivity index (χ4v) is 6.70. The van der Waals surface area contributed by atoms with Gasteiger partial charge in [-0.15, -0.1) is 24.8 Å². The molecule has 262 valence electrons. The van der Waals surface area contributed by atoms with E-state index in [1.807, 2.05) is 34.9 Å². The molecule has 0 saturated heterocycles. The molecule has 49 heavy (non-hydrogen) atoms. The maximum absolute atomic E-state index is 14.0. The fraction of sp³-hybridized carbons (Fsp3) is 0.459. The predicted octanol–water partition coefficient (Wildman–Crippen LogP) is 6.27. The molecule has 0 bridgehead atoms. The minimum absolute atomic E-state index is 0. The van der Waals surface area contributed by atoms with Gasteiger partial charge in [-0.1, -0.05) is 12.1 Å². The van der Waals surface area contributed by atoms with Crippen molar-refractivity contribution in [1.29, 1.82) is 0 Å². The molecule has 0 spiro atoms. The number of amides is 2. The summed E-state index contributed by atoms with van der Waals surface area (Å²) < 4.78 is 12.8. The van der Waals surface area contributed by atoms with Crippen LogP contribution < -0.4 is 15.4 Å². The number of aryl methyl sites for hydroxylation is 1. The topological polar surface area (TPSA) is 101 Å². The summed E-state index contributed by atoms with van der Waals surface area (Å²) in [5.41, 5.74) is 3.99. The van der Waals surface area contributed by atoms with Gasteiger partial charge in [-0.05, 0) is 93.8 Å². The third-order valence-electron chi connectivity index (χ3n) is 9.68. The molecule has 3 aromatic heterocycles. The molecule has 1 aromatic carbocycles. The van der Waals surface area contributed by atoms with Crippen molar-refractivity contribution < 1.29 is 18.7 Å². The molecule has 4 heterocycles. The van der Waals surface area contributed by atoms with Gasteiger partial charge in [0.05, 0.1) is 29.1 Å². The van der Waals surface area contributed by atoms with Crippen LogP contribution in [0.1, 0.15) is 62.1 Å². The van der Waals surface area contributed by atoms with Gasteiger partial charge in [-0.2, -0.15) is 0 Å². The molecule has 12 heteroatoms. The van der Waals surface area contributed by atoms with Crippen LogP contribution in [0, 0.1) is 18.3 Å². The second kappa shape index (κ2) is 14.6. The van der Waals surface area contributed by atoms with Crippen molar-refractivity contribution in [3.8, 4) is 0 Å². The third kappa shape index (κ3) is 7.43. The summed E-state index contributed by atoms with van der Waals surface area (Å²) in [6.45, 7) is 8.67. The Balaban J connectivity index is 0.00000234. The maximum Gasteiger partial charge on any atom is 0.261 e. The summed E-state index contributed by atoms with van der Waals surface area (Å²) in [6, 6.07) is 14.0. The van der Waals surface area contributed by atoms with E-state index in [0.717, 1.165) is 53.9 Å². The Bertz CT molecular complexity index is 1900. The van der Waals surface area contributed by atoms with E-state index < -0.39 is 5.41 Å². The van der Waals surface area contributed by atoms with E-state index >= 15 is 0 Å². The van der Waals surface area contributed by atoms with Crippen molar-refractivity contribution in [2.75, 3.05) is 30.0 Å². The van der Waals surface area contributed by atoms with Crippen LogP contribution in [-0.2, 0) is 40.6 Å². The number of carbonyl (C=O) groups is 2. The number of nitrogens with zero attached hydrogens (tertiary/aromatic N) is 5. The SMILES string of the molecule is COCc1ncccc1CN(CCn1ccc2oc(C)cc2c1=O)Cc1ccc2c(c1)N(C1CC1)C(=O)C(C)(C)C(=O)N2CC1CC1.Cl.Cl. The van der Waals surface area contributed by atoms with Crippen molar-refractivity contribution >= 4 is 59.0 Å². The van der Waals surface area contributed by atoms with E-state index in [0.29, 0.717) is 62.0 Å². The van der Waals surface area contributed by atoms with E-state index in [1.54, 1.807) is 44.0 Å². The van der Waals surface area contributed by atoms with Gasteiger partial charge < -0.3 is 23.5 Å². The number of methoxy groups -OCH3 is 1. The standard InChI is InChI=1S/C37H43N5O5.2ClH/c1-24-18-29-33(47-24)13-15-40(34(29)43)17-16-39(22-27-6-5-14-38-30(27)23-46-4)20-26-9-12-31-32(19-26)42(28-10-11-28)36(45)37(2,3)35(44)41(31)21-25-7-8-25;;/h5-6,9,12-15,18-19,25,28H,7-8,10-11,16-17,20-23H2,1-4H3;2*1H. The number of furan rings is 1. The largest absolute Gasteiger partial charge is 0.461 e. The molecule has 0 unspecified atom stereocenters. The molecule has 4 aromatic rings. The number of aromatic nitrogens is 2. The monoisotopic (exact) mass is 709 g/mol. The quantitative estimate of drug-likeness (QED) is 0.160. The van der Waals surface area contributed by atoms with Gasteiger partial charge in [0, 0.05) is 58.3 Å². The van der Waals surface area contributed by atoms with E-state index in [9.17, 15) is 14.4 Å². The van der Waals surface area contributed by atoms with Crippen LogP contribution in [0.3, 0.4) is 0 Å². The van der Waals surface area contributed by atoms with E-state index in [4.69, 9.17) is 9.15 Å². The molecule has 1 aliphatic heterocycles. The lowest BCUT2D eigenvalue weighted by Crippen LogP contribution is -2.49. The van der Waals surface area contributed by atoms with Gasteiger partial charge in [0.25, 0.3) is 5.56 Å². The number of halogens is 2. The number of ether oxygens (including phenoxy) is 1. The van der Waals surface area contributed by atoms with Gasteiger partial charge in [0.15, 0.2) is 0 Å². The Kier molecular flexibility index (Phi) is 10.9. The zero-order chi connectivity index (χ0) is 32.9. The second-order valence-electron chi connectivity index (χ2n) is 13.9. The number of fused-ring (bicyclic) bond motifs is 2. The molecule has 7 rings (SSSR count). The summed E-state index contributed by atoms with van der Waals surface area (Å²) in [7, 11) is 1.66. The molecule has 2 fully saturated rings. The van der Waals surface area contributed by atoms with Crippen molar-refractivity contribution in [3.63, 3.8) is 0 Å².